The van der Waals surface area contributed by atoms with E-state index in [0.29, 0.717) is 23.9 Å². The largest absolute Gasteiger partial charge is 0.493 e. The summed E-state index contributed by atoms with van der Waals surface area (Å²) in [7, 11) is 0. The molecule has 0 saturated heterocycles. The van der Waals surface area contributed by atoms with Crippen molar-refractivity contribution in [3.05, 3.63) is 39.9 Å². The van der Waals surface area contributed by atoms with Crippen molar-refractivity contribution in [1.29, 1.82) is 0 Å². The molecule has 0 radical (unpaired) electrons. The molecule has 0 saturated carbocycles. The third-order valence-corrected chi connectivity index (χ3v) is 3.70. The number of halogens is 1. The van der Waals surface area contributed by atoms with Crippen LogP contribution in [0.3, 0.4) is 0 Å². The molecule has 1 aromatic heterocycles. The Balaban J connectivity index is 1.80. The molecule has 0 unspecified atom stereocenters. The molecule has 5 nitrogen and oxygen atoms in total. The number of nitrogens with zero attached hydrogens (tertiary/aromatic N) is 1. The van der Waals surface area contributed by atoms with Gasteiger partial charge in [-0.3, -0.25) is 0 Å². The molecule has 1 aromatic carbocycles. The van der Waals surface area contributed by atoms with E-state index < -0.39 is 0 Å². The lowest BCUT2D eigenvalue weighted by Gasteiger charge is -2.11. The number of nitrogen functional groups attached to an aromatic ring is 2. The van der Waals surface area contributed by atoms with Gasteiger partial charge in [-0.05, 0) is 29.8 Å². The number of nitrogens with one attached hydrogen (secondary N) is 1. The Morgan fingerprint density at radius 2 is 2.15 bits per heavy atom. The summed E-state index contributed by atoms with van der Waals surface area (Å²) in [5, 5.41) is 3.24. The minimum atomic E-state index is 0.339. The lowest BCUT2D eigenvalue weighted by Crippen LogP contribution is -2.05. The first kappa shape index (κ1) is 13.1. The number of anilines is 3. The van der Waals surface area contributed by atoms with Crippen molar-refractivity contribution in [2.75, 3.05) is 23.4 Å². The quantitative estimate of drug-likeness (QED) is 0.803. The third kappa shape index (κ3) is 2.51. The Labute approximate surface area is 125 Å². The maximum Gasteiger partial charge on any atom is 0.149 e. The normalized spacial score (nSPS) is 12.8. The maximum absolute atomic E-state index is 5.70. The minimum absolute atomic E-state index is 0.339. The van der Waals surface area contributed by atoms with Crippen molar-refractivity contribution in [2.24, 2.45) is 0 Å². The van der Waals surface area contributed by atoms with Gasteiger partial charge in [0.05, 0.1) is 12.3 Å². The van der Waals surface area contributed by atoms with E-state index in [1.54, 1.807) is 6.07 Å². The summed E-state index contributed by atoms with van der Waals surface area (Å²) in [6, 6.07) is 7.71. The van der Waals surface area contributed by atoms with Gasteiger partial charge >= 0.3 is 0 Å². The SMILES string of the molecule is Nc1ccc(NCc2cc(Br)cc3c2OCC3)nc1N. The summed E-state index contributed by atoms with van der Waals surface area (Å²) in [6.07, 6.45) is 0.953. The van der Waals surface area contributed by atoms with Gasteiger partial charge in [0.1, 0.15) is 17.4 Å². The first-order valence-electron chi connectivity index (χ1n) is 6.33. The van der Waals surface area contributed by atoms with Crippen LogP contribution in [0.15, 0.2) is 28.7 Å². The number of fused-ring (bicyclic) bond motifs is 1. The molecule has 0 atom stereocenters. The van der Waals surface area contributed by atoms with E-state index in [9.17, 15) is 0 Å². The Hall–Kier alpha value is -1.95. The van der Waals surface area contributed by atoms with Crippen molar-refractivity contribution in [3.8, 4) is 5.75 Å². The van der Waals surface area contributed by atoms with E-state index in [2.05, 4.69) is 38.4 Å². The number of ether oxygens (including phenoxy) is 1. The second-order valence-corrected chi connectivity index (χ2v) is 5.59. The Bertz CT molecular complexity index is 660. The first-order chi connectivity index (χ1) is 9.63. The van der Waals surface area contributed by atoms with Crippen LogP contribution in [-0.2, 0) is 13.0 Å². The highest BCUT2D eigenvalue weighted by molar-refractivity contribution is 9.10. The average Bonchev–Trinajstić information content (AvgIpc) is 2.88. The van der Waals surface area contributed by atoms with Gasteiger partial charge in [0.15, 0.2) is 0 Å². The molecule has 20 heavy (non-hydrogen) atoms. The molecule has 0 amide bonds. The van der Waals surface area contributed by atoms with Gasteiger partial charge in [0.25, 0.3) is 0 Å². The highest BCUT2D eigenvalue weighted by Crippen LogP contribution is 2.33. The summed E-state index contributed by atoms with van der Waals surface area (Å²) < 4.78 is 6.75. The van der Waals surface area contributed by atoms with E-state index in [-0.39, 0.29) is 0 Å². The summed E-state index contributed by atoms with van der Waals surface area (Å²) in [6.45, 7) is 1.37. The van der Waals surface area contributed by atoms with Gasteiger partial charge in [0.2, 0.25) is 0 Å². The Morgan fingerprint density at radius 1 is 1.30 bits per heavy atom. The average molecular weight is 335 g/mol. The maximum atomic E-state index is 5.70. The van der Waals surface area contributed by atoms with E-state index in [1.165, 1.54) is 5.56 Å². The van der Waals surface area contributed by atoms with Gasteiger partial charge in [0, 0.05) is 23.0 Å². The molecular formula is C14H15BrN4O. The van der Waals surface area contributed by atoms with E-state index in [0.717, 1.165) is 28.8 Å². The standard InChI is InChI=1S/C14H15BrN4O/c15-10-5-8-3-4-20-13(8)9(6-10)7-18-12-2-1-11(16)14(17)19-12/h1-2,5-6H,3-4,7,16H2,(H3,17,18,19). The van der Waals surface area contributed by atoms with E-state index >= 15 is 0 Å². The fourth-order valence-electron chi connectivity index (χ4n) is 2.25. The number of hydrogen-bond acceptors (Lipinski definition) is 5. The molecule has 2 aromatic rings. The molecule has 2 heterocycles. The molecule has 6 heteroatoms. The molecule has 1 aliphatic rings. The van der Waals surface area contributed by atoms with Crippen LogP contribution in [-0.4, -0.2) is 11.6 Å². The van der Waals surface area contributed by atoms with Crippen molar-refractivity contribution in [3.63, 3.8) is 0 Å². The summed E-state index contributed by atoms with van der Waals surface area (Å²) in [4.78, 5) is 4.19. The number of aromatic nitrogens is 1. The second kappa shape index (κ2) is 5.20. The van der Waals surface area contributed by atoms with Crippen LogP contribution in [0.1, 0.15) is 11.1 Å². The zero-order chi connectivity index (χ0) is 14.1. The van der Waals surface area contributed by atoms with Gasteiger partial charge in [-0.1, -0.05) is 15.9 Å². The van der Waals surface area contributed by atoms with Crippen LogP contribution in [0.2, 0.25) is 0 Å². The zero-order valence-electron chi connectivity index (χ0n) is 10.8. The molecule has 104 valence electrons. The number of pyridine rings is 1. The van der Waals surface area contributed by atoms with Crippen LogP contribution in [0.25, 0.3) is 0 Å². The molecule has 0 aliphatic carbocycles. The van der Waals surface area contributed by atoms with Crippen LogP contribution in [0.4, 0.5) is 17.3 Å². The van der Waals surface area contributed by atoms with Crippen LogP contribution < -0.4 is 21.5 Å². The number of rotatable bonds is 3. The summed E-state index contributed by atoms with van der Waals surface area (Å²) in [5.74, 6) is 2.01. The highest BCUT2D eigenvalue weighted by atomic mass is 79.9. The molecule has 1 aliphatic heterocycles. The van der Waals surface area contributed by atoms with E-state index in [4.69, 9.17) is 16.2 Å². The third-order valence-electron chi connectivity index (χ3n) is 3.24. The van der Waals surface area contributed by atoms with Crippen molar-refractivity contribution in [2.45, 2.75) is 13.0 Å². The summed E-state index contributed by atoms with van der Waals surface area (Å²) in [5.41, 5.74) is 14.2. The highest BCUT2D eigenvalue weighted by Gasteiger charge is 2.17. The van der Waals surface area contributed by atoms with Crippen LogP contribution in [0.5, 0.6) is 5.75 Å². The lowest BCUT2D eigenvalue weighted by molar-refractivity contribution is 0.354. The van der Waals surface area contributed by atoms with Gasteiger partial charge < -0.3 is 21.5 Å². The second-order valence-electron chi connectivity index (χ2n) is 4.68. The minimum Gasteiger partial charge on any atom is -0.493 e. The molecular weight excluding hydrogens is 320 g/mol. The Kier molecular flexibility index (Phi) is 3.40. The first-order valence-corrected chi connectivity index (χ1v) is 7.13. The van der Waals surface area contributed by atoms with Crippen molar-refractivity contribution in [1.82, 2.24) is 4.98 Å². The molecule has 0 spiro atoms. The molecule has 0 bridgehead atoms. The predicted octanol–water partition coefficient (Wildman–Crippen LogP) is 2.56. The van der Waals surface area contributed by atoms with Crippen molar-refractivity contribution >= 4 is 33.3 Å². The molecule has 3 rings (SSSR count). The molecule has 0 fully saturated rings. The number of benzene rings is 1. The van der Waals surface area contributed by atoms with Crippen LogP contribution >= 0.6 is 15.9 Å². The van der Waals surface area contributed by atoms with Gasteiger partial charge in [-0.25, -0.2) is 4.98 Å². The lowest BCUT2D eigenvalue weighted by atomic mass is 10.1. The van der Waals surface area contributed by atoms with Gasteiger partial charge in [-0.15, -0.1) is 0 Å². The smallest absolute Gasteiger partial charge is 0.149 e. The fraction of sp³-hybridized carbons (Fsp3) is 0.214. The molecule has 5 N–H and O–H groups in total. The van der Waals surface area contributed by atoms with E-state index in [1.807, 2.05) is 6.07 Å². The summed E-state index contributed by atoms with van der Waals surface area (Å²) >= 11 is 3.53. The monoisotopic (exact) mass is 334 g/mol. The Morgan fingerprint density at radius 3 is 2.95 bits per heavy atom. The van der Waals surface area contributed by atoms with Crippen LogP contribution in [0, 0.1) is 0 Å². The topological polar surface area (TPSA) is 86.2 Å². The van der Waals surface area contributed by atoms with Crippen molar-refractivity contribution < 1.29 is 4.74 Å². The van der Waals surface area contributed by atoms with Gasteiger partial charge in [-0.2, -0.15) is 0 Å². The number of hydrogen-bond donors (Lipinski definition) is 3. The zero-order valence-corrected chi connectivity index (χ0v) is 12.4. The predicted molar refractivity (Wildman–Crippen MR) is 83.7 cm³/mol. The fourth-order valence-corrected chi connectivity index (χ4v) is 2.80. The number of nitrogens with two attached hydrogens (primary N) is 2.